The summed E-state index contributed by atoms with van der Waals surface area (Å²) in [5, 5.41) is 1.10. The minimum absolute atomic E-state index is 0.613. The minimum atomic E-state index is 0.613. The average Bonchev–Trinajstić information content (AvgIpc) is 2.56. The topological polar surface area (TPSA) is 31.4 Å². The first-order chi connectivity index (χ1) is 10.8. The van der Waals surface area contributed by atoms with E-state index in [-0.39, 0.29) is 0 Å². The van der Waals surface area contributed by atoms with E-state index in [1.807, 2.05) is 61.5 Å². The molecule has 3 nitrogen and oxygen atoms in total. The lowest BCUT2D eigenvalue weighted by atomic mass is 10.2. The van der Waals surface area contributed by atoms with Crippen LogP contribution in [0.25, 0.3) is 10.9 Å². The Morgan fingerprint density at radius 1 is 0.818 bits per heavy atom. The Bertz CT molecular complexity index is 741. The van der Waals surface area contributed by atoms with Crippen molar-refractivity contribution in [3.05, 3.63) is 66.4 Å². The van der Waals surface area contributed by atoms with Crippen LogP contribution < -0.4 is 9.47 Å². The fourth-order valence-corrected chi connectivity index (χ4v) is 2.28. The summed E-state index contributed by atoms with van der Waals surface area (Å²) in [6.07, 6.45) is 0.830. The summed E-state index contributed by atoms with van der Waals surface area (Å²) in [7, 11) is 0. The quantitative estimate of drug-likeness (QED) is 0.632. The number of aryl methyl sites for hydroxylation is 1. The molecule has 3 aromatic rings. The predicted molar refractivity (Wildman–Crippen MR) is 88.5 cm³/mol. The van der Waals surface area contributed by atoms with E-state index in [9.17, 15) is 0 Å². The Kier molecular flexibility index (Phi) is 4.54. The Morgan fingerprint density at radius 2 is 1.64 bits per heavy atom. The van der Waals surface area contributed by atoms with Gasteiger partial charge in [0.25, 0.3) is 0 Å². The molecule has 0 aliphatic carbocycles. The van der Waals surface area contributed by atoms with E-state index in [1.54, 1.807) is 0 Å². The van der Waals surface area contributed by atoms with Gasteiger partial charge in [0.15, 0.2) is 0 Å². The smallest absolute Gasteiger partial charge is 0.145 e. The van der Waals surface area contributed by atoms with Crippen LogP contribution >= 0.6 is 0 Å². The average molecular weight is 293 g/mol. The Hall–Kier alpha value is -2.55. The molecule has 0 aliphatic rings. The summed E-state index contributed by atoms with van der Waals surface area (Å²) in [4.78, 5) is 4.57. The number of ether oxygens (including phenoxy) is 2. The van der Waals surface area contributed by atoms with Gasteiger partial charge in [0.05, 0.1) is 13.2 Å². The first kappa shape index (κ1) is 14.4. The number of hydrogen-bond donors (Lipinski definition) is 0. The molecule has 112 valence electrons. The van der Waals surface area contributed by atoms with E-state index in [2.05, 4.69) is 11.1 Å². The van der Waals surface area contributed by atoms with Gasteiger partial charge in [-0.2, -0.15) is 0 Å². The van der Waals surface area contributed by atoms with Crippen LogP contribution in [0.15, 0.2) is 60.7 Å². The van der Waals surface area contributed by atoms with Crippen LogP contribution in [0.5, 0.6) is 11.5 Å². The van der Waals surface area contributed by atoms with Crippen LogP contribution in [0.1, 0.15) is 12.1 Å². The molecule has 0 aliphatic heterocycles. The molecule has 1 aromatic heterocycles. The van der Waals surface area contributed by atoms with Crippen LogP contribution in [-0.2, 0) is 0 Å². The van der Waals surface area contributed by atoms with Gasteiger partial charge in [-0.1, -0.05) is 36.4 Å². The summed E-state index contributed by atoms with van der Waals surface area (Å²) >= 11 is 0. The fraction of sp³-hybridized carbons (Fsp3) is 0.211. The van der Waals surface area contributed by atoms with Crippen molar-refractivity contribution >= 4 is 10.9 Å². The molecule has 22 heavy (non-hydrogen) atoms. The van der Waals surface area contributed by atoms with Gasteiger partial charge >= 0.3 is 0 Å². The first-order valence-electron chi connectivity index (χ1n) is 7.50. The van der Waals surface area contributed by atoms with Crippen LogP contribution in [0.4, 0.5) is 0 Å². The minimum Gasteiger partial charge on any atom is -0.493 e. The van der Waals surface area contributed by atoms with Gasteiger partial charge in [-0.05, 0) is 31.2 Å². The molecule has 0 N–H and O–H groups in total. The SMILES string of the molecule is Cc1ccc2cccc(OCCCOc3ccccc3)c2n1. The highest BCUT2D eigenvalue weighted by molar-refractivity contribution is 5.84. The molecule has 0 unspecified atom stereocenters. The zero-order valence-electron chi connectivity index (χ0n) is 12.7. The van der Waals surface area contributed by atoms with Crippen molar-refractivity contribution in [3.63, 3.8) is 0 Å². The number of aromatic nitrogens is 1. The molecule has 2 aromatic carbocycles. The summed E-state index contributed by atoms with van der Waals surface area (Å²) < 4.78 is 11.5. The molecule has 0 atom stereocenters. The normalized spacial score (nSPS) is 10.6. The molecule has 0 spiro atoms. The third kappa shape index (κ3) is 3.55. The van der Waals surface area contributed by atoms with E-state index in [0.717, 1.165) is 34.5 Å². The van der Waals surface area contributed by atoms with Gasteiger partial charge in [-0.3, -0.25) is 0 Å². The van der Waals surface area contributed by atoms with E-state index in [0.29, 0.717) is 13.2 Å². The van der Waals surface area contributed by atoms with E-state index in [4.69, 9.17) is 9.47 Å². The summed E-state index contributed by atoms with van der Waals surface area (Å²) in [6.45, 7) is 3.24. The maximum absolute atomic E-state index is 5.87. The van der Waals surface area contributed by atoms with E-state index < -0.39 is 0 Å². The third-order valence-corrected chi connectivity index (χ3v) is 3.38. The van der Waals surface area contributed by atoms with E-state index in [1.165, 1.54) is 0 Å². The number of benzene rings is 2. The van der Waals surface area contributed by atoms with Crippen LogP contribution in [0, 0.1) is 6.92 Å². The standard InChI is InChI=1S/C19H19NO2/c1-15-11-12-16-7-5-10-18(19(16)20-15)22-14-6-13-21-17-8-3-2-4-9-17/h2-5,7-12H,6,13-14H2,1H3. The predicted octanol–water partition coefficient (Wildman–Crippen LogP) is 4.39. The molecule has 3 rings (SSSR count). The third-order valence-electron chi connectivity index (χ3n) is 3.38. The van der Waals surface area contributed by atoms with E-state index >= 15 is 0 Å². The lowest BCUT2D eigenvalue weighted by molar-refractivity contribution is 0.249. The molecule has 0 radical (unpaired) electrons. The highest BCUT2D eigenvalue weighted by atomic mass is 16.5. The lowest BCUT2D eigenvalue weighted by Gasteiger charge is -2.10. The number of hydrogen-bond acceptors (Lipinski definition) is 3. The maximum atomic E-state index is 5.87. The van der Waals surface area contributed by atoms with Gasteiger partial charge in [0.2, 0.25) is 0 Å². The van der Waals surface area contributed by atoms with Gasteiger partial charge in [-0.25, -0.2) is 4.98 Å². The summed E-state index contributed by atoms with van der Waals surface area (Å²) in [5.74, 6) is 1.73. The zero-order valence-corrected chi connectivity index (χ0v) is 12.7. The Labute approximate surface area is 130 Å². The number of fused-ring (bicyclic) bond motifs is 1. The molecule has 0 fully saturated rings. The van der Waals surface area contributed by atoms with Crippen molar-refractivity contribution in [1.29, 1.82) is 0 Å². The van der Waals surface area contributed by atoms with Crippen molar-refractivity contribution in [2.75, 3.05) is 13.2 Å². The Balaban J connectivity index is 1.55. The van der Waals surface area contributed by atoms with Crippen molar-refractivity contribution in [2.24, 2.45) is 0 Å². The second-order valence-corrected chi connectivity index (χ2v) is 5.14. The highest BCUT2D eigenvalue weighted by Crippen LogP contribution is 2.24. The van der Waals surface area contributed by atoms with Gasteiger partial charge < -0.3 is 9.47 Å². The lowest BCUT2D eigenvalue weighted by Crippen LogP contribution is -2.05. The summed E-state index contributed by atoms with van der Waals surface area (Å²) in [6, 6.07) is 19.9. The molecule has 0 amide bonds. The van der Waals surface area contributed by atoms with Crippen LogP contribution in [0.3, 0.4) is 0 Å². The number of para-hydroxylation sites is 2. The molecule has 0 bridgehead atoms. The Morgan fingerprint density at radius 3 is 2.50 bits per heavy atom. The monoisotopic (exact) mass is 293 g/mol. The highest BCUT2D eigenvalue weighted by Gasteiger charge is 2.03. The molecular weight excluding hydrogens is 274 g/mol. The second kappa shape index (κ2) is 6.94. The van der Waals surface area contributed by atoms with Gasteiger partial charge in [0.1, 0.15) is 17.0 Å². The van der Waals surface area contributed by atoms with Gasteiger partial charge in [0, 0.05) is 17.5 Å². The molecule has 1 heterocycles. The molecule has 3 heteroatoms. The number of pyridine rings is 1. The van der Waals surface area contributed by atoms with Crippen LogP contribution in [-0.4, -0.2) is 18.2 Å². The van der Waals surface area contributed by atoms with Crippen LogP contribution in [0.2, 0.25) is 0 Å². The van der Waals surface area contributed by atoms with Crippen molar-refractivity contribution in [2.45, 2.75) is 13.3 Å². The number of nitrogens with zero attached hydrogens (tertiary/aromatic N) is 1. The maximum Gasteiger partial charge on any atom is 0.145 e. The van der Waals surface area contributed by atoms with Gasteiger partial charge in [-0.15, -0.1) is 0 Å². The van der Waals surface area contributed by atoms with Crippen molar-refractivity contribution in [3.8, 4) is 11.5 Å². The van der Waals surface area contributed by atoms with Crippen molar-refractivity contribution in [1.82, 2.24) is 4.98 Å². The van der Waals surface area contributed by atoms with Crippen molar-refractivity contribution < 1.29 is 9.47 Å². The fourth-order valence-electron chi connectivity index (χ4n) is 2.28. The second-order valence-electron chi connectivity index (χ2n) is 5.14. The molecular formula is C19H19NO2. The largest absolute Gasteiger partial charge is 0.493 e. The first-order valence-corrected chi connectivity index (χ1v) is 7.50. The zero-order chi connectivity index (χ0) is 15.2. The summed E-state index contributed by atoms with van der Waals surface area (Å²) in [5.41, 5.74) is 1.92. The number of rotatable bonds is 6. The molecule has 0 saturated carbocycles. The molecule has 0 saturated heterocycles.